The first-order valence-corrected chi connectivity index (χ1v) is 5.15. The highest BCUT2D eigenvalue weighted by Crippen LogP contribution is 2.24. The molecule has 13 heavy (non-hydrogen) atoms. The van der Waals surface area contributed by atoms with Crippen LogP contribution in [0.15, 0.2) is 23.8 Å². The Morgan fingerprint density at radius 2 is 2.23 bits per heavy atom. The van der Waals surface area contributed by atoms with Crippen LogP contribution in [-0.4, -0.2) is 10.7 Å². The van der Waals surface area contributed by atoms with E-state index in [1.807, 2.05) is 13.8 Å². The van der Waals surface area contributed by atoms with E-state index in [4.69, 9.17) is 0 Å². The molecule has 74 valence electrons. The SMILES string of the molecule is CCC1C=CC(C(C)(C)O)=CCC1. The van der Waals surface area contributed by atoms with Crippen molar-refractivity contribution in [2.45, 2.75) is 45.6 Å². The van der Waals surface area contributed by atoms with Gasteiger partial charge in [-0.3, -0.25) is 0 Å². The van der Waals surface area contributed by atoms with Crippen LogP contribution in [-0.2, 0) is 0 Å². The number of hydrogen-bond donors (Lipinski definition) is 1. The molecule has 1 nitrogen and oxygen atoms in total. The Bertz CT molecular complexity index is 218. The first-order valence-electron chi connectivity index (χ1n) is 5.15. The zero-order chi connectivity index (χ0) is 9.90. The monoisotopic (exact) mass is 180 g/mol. The van der Waals surface area contributed by atoms with E-state index in [9.17, 15) is 5.11 Å². The average Bonchev–Trinajstić information content (AvgIpc) is 2.26. The molecule has 1 N–H and O–H groups in total. The van der Waals surface area contributed by atoms with Crippen molar-refractivity contribution in [3.63, 3.8) is 0 Å². The highest BCUT2D eigenvalue weighted by atomic mass is 16.3. The Hall–Kier alpha value is -0.560. The lowest BCUT2D eigenvalue weighted by Gasteiger charge is -2.18. The van der Waals surface area contributed by atoms with E-state index in [1.54, 1.807) is 0 Å². The predicted octanol–water partition coefficient (Wildman–Crippen LogP) is 3.06. The predicted molar refractivity (Wildman–Crippen MR) is 56.5 cm³/mol. The van der Waals surface area contributed by atoms with Gasteiger partial charge in [0.1, 0.15) is 0 Å². The minimum atomic E-state index is -0.681. The molecule has 0 aromatic carbocycles. The number of rotatable bonds is 2. The van der Waals surface area contributed by atoms with Gasteiger partial charge < -0.3 is 5.11 Å². The van der Waals surface area contributed by atoms with E-state index >= 15 is 0 Å². The van der Waals surface area contributed by atoms with Crippen molar-refractivity contribution in [1.29, 1.82) is 0 Å². The van der Waals surface area contributed by atoms with E-state index in [1.165, 1.54) is 12.8 Å². The Morgan fingerprint density at radius 1 is 1.54 bits per heavy atom. The van der Waals surface area contributed by atoms with Crippen molar-refractivity contribution in [2.24, 2.45) is 5.92 Å². The maximum atomic E-state index is 9.81. The van der Waals surface area contributed by atoms with Crippen molar-refractivity contribution >= 4 is 0 Å². The van der Waals surface area contributed by atoms with Gasteiger partial charge in [-0.05, 0) is 44.6 Å². The smallest absolute Gasteiger partial charge is 0.0837 e. The lowest BCUT2D eigenvalue weighted by atomic mass is 9.97. The summed E-state index contributed by atoms with van der Waals surface area (Å²) in [6, 6.07) is 0. The zero-order valence-corrected chi connectivity index (χ0v) is 8.88. The fourth-order valence-electron chi connectivity index (χ4n) is 1.65. The maximum absolute atomic E-state index is 9.81. The van der Waals surface area contributed by atoms with Crippen molar-refractivity contribution in [3.8, 4) is 0 Å². The van der Waals surface area contributed by atoms with E-state index in [2.05, 4.69) is 25.2 Å². The van der Waals surface area contributed by atoms with Gasteiger partial charge in [-0.2, -0.15) is 0 Å². The molecule has 1 rings (SSSR count). The van der Waals surface area contributed by atoms with Gasteiger partial charge in [0.2, 0.25) is 0 Å². The summed E-state index contributed by atoms with van der Waals surface area (Å²) in [6.07, 6.45) is 9.98. The molecule has 0 bridgehead atoms. The standard InChI is InChI=1S/C12H20O/c1-4-10-6-5-7-11(9-8-10)12(2,3)13/h7-10,13H,4-6H2,1-3H3. The molecule has 0 aliphatic heterocycles. The second kappa shape index (κ2) is 4.10. The molecule has 0 radical (unpaired) electrons. The normalized spacial score (nSPS) is 24.0. The van der Waals surface area contributed by atoms with Crippen LogP contribution < -0.4 is 0 Å². The van der Waals surface area contributed by atoms with Gasteiger partial charge in [0.15, 0.2) is 0 Å². The van der Waals surface area contributed by atoms with E-state index in [0.29, 0.717) is 5.92 Å². The fraction of sp³-hybridized carbons (Fsp3) is 0.667. The topological polar surface area (TPSA) is 20.2 Å². The molecule has 1 unspecified atom stereocenters. The van der Waals surface area contributed by atoms with Gasteiger partial charge in [-0.1, -0.05) is 25.2 Å². The summed E-state index contributed by atoms with van der Waals surface area (Å²) in [4.78, 5) is 0. The largest absolute Gasteiger partial charge is 0.386 e. The van der Waals surface area contributed by atoms with Crippen LogP contribution in [0, 0.1) is 5.92 Å². The number of allylic oxidation sites excluding steroid dienone is 2. The summed E-state index contributed by atoms with van der Waals surface area (Å²) in [5, 5.41) is 9.81. The van der Waals surface area contributed by atoms with Gasteiger partial charge in [-0.15, -0.1) is 0 Å². The van der Waals surface area contributed by atoms with Crippen molar-refractivity contribution in [3.05, 3.63) is 23.8 Å². The van der Waals surface area contributed by atoms with Crippen LogP contribution in [0.4, 0.5) is 0 Å². The van der Waals surface area contributed by atoms with Crippen LogP contribution >= 0.6 is 0 Å². The molecule has 0 fully saturated rings. The Labute approximate surface area is 81.2 Å². The third kappa shape index (κ3) is 3.00. The van der Waals surface area contributed by atoms with Gasteiger partial charge in [0.05, 0.1) is 5.60 Å². The lowest BCUT2D eigenvalue weighted by Crippen LogP contribution is -2.20. The van der Waals surface area contributed by atoms with Crippen molar-refractivity contribution in [2.75, 3.05) is 0 Å². The van der Waals surface area contributed by atoms with Crippen molar-refractivity contribution in [1.82, 2.24) is 0 Å². The van der Waals surface area contributed by atoms with Crippen LogP contribution in [0.1, 0.15) is 40.0 Å². The molecule has 1 aliphatic carbocycles. The lowest BCUT2D eigenvalue weighted by molar-refractivity contribution is 0.123. The third-order valence-corrected chi connectivity index (χ3v) is 2.68. The van der Waals surface area contributed by atoms with Gasteiger partial charge >= 0.3 is 0 Å². The molecule has 0 saturated heterocycles. The highest BCUT2D eigenvalue weighted by Gasteiger charge is 2.18. The van der Waals surface area contributed by atoms with Gasteiger partial charge in [-0.25, -0.2) is 0 Å². The molecule has 0 amide bonds. The molecular formula is C12H20O. The number of hydrogen-bond acceptors (Lipinski definition) is 1. The van der Waals surface area contributed by atoms with E-state index < -0.39 is 5.60 Å². The molecule has 0 saturated carbocycles. The Morgan fingerprint density at radius 3 is 2.77 bits per heavy atom. The summed E-state index contributed by atoms with van der Waals surface area (Å²) in [6.45, 7) is 5.90. The van der Waals surface area contributed by atoms with Crippen LogP contribution in [0.2, 0.25) is 0 Å². The van der Waals surface area contributed by atoms with Crippen molar-refractivity contribution < 1.29 is 5.11 Å². The molecule has 0 heterocycles. The third-order valence-electron chi connectivity index (χ3n) is 2.68. The van der Waals surface area contributed by atoms with Gasteiger partial charge in [0.25, 0.3) is 0 Å². The number of aliphatic hydroxyl groups is 1. The summed E-state index contributed by atoms with van der Waals surface area (Å²) in [5.74, 6) is 0.691. The van der Waals surface area contributed by atoms with Crippen LogP contribution in [0.5, 0.6) is 0 Å². The highest BCUT2D eigenvalue weighted by molar-refractivity contribution is 5.28. The zero-order valence-electron chi connectivity index (χ0n) is 8.88. The van der Waals surface area contributed by atoms with E-state index in [-0.39, 0.29) is 0 Å². The quantitative estimate of drug-likeness (QED) is 0.692. The average molecular weight is 180 g/mol. The summed E-state index contributed by atoms with van der Waals surface area (Å²) < 4.78 is 0. The molecule has 0 aromatic heterocycles. The minimum absolute atomic E-state index is 0.681. The minimum Gasteiger partial charge on any atom is -0.386 e. The Balaban J connectivity index is 2.72. The maximum Gasteiger partial charge on any atom is 0.0837 e. The molecular weight excluding hydrogens is 160 g/mol. The first kappa shape index (κ1) is 10.5. The second-order valence-corrected chi connectivity index (χ2v) is 4.32. The van der Waals surface area contributed by atoms with Gasteiger partial charge in [0, 0.05) is 0 Å². The second-order valence-electron chi connectivity index (χ2n) is 4.32. The molecule has 1 atom stereocenters. The molecule has 0 aromatic rings. The fourth-order valence-corrected chi connectivity index (χ4v) is 1.65. The van der Waals surface area contributed by atoms with Crippen LogP contribution in [0.3, 0.4) is 0 Å². The summed E-state index contributed by atoms with van der Waals surface area (Å²) in [5.41, 5.74) is 0.377. The molecule has 1 heteroatoms. The Kier molecular flexibility index (Phi) is 3.32. The first-order chi connectivity index (χ1) is 6.04. The molecule has 1 aliphatic rings. The molecule has 0 spiro atoms. The summed E-state index contributed by atoms with van der Waals surface area (Å²) >= 11 is 0. The van der Waals surface area contributed by atoms with E-state index in [0.717, 1.165) is 12.0 Å². The van der Waals surface area contributed by atoms with Crippen LogP contribution in [0.25, 0.3) is 0 Å². The summed E-state index contributed by atoms with van der Waals surface area (Å²) in [7, 11) is 0.